The highest BCUT2D eigenvalue weighted by Crippen LogP contribution is 2.16. The number of phenols is 1. The number of hydrogen-bond acceptors (Lipinski definition) is 4. The van der Waals surface area contributed by atoms with E-state index in [1.54, 1.807) is 18.2 Å². The number of benzene rings is 1. The minimum Gasteiger partial charge on any atom is -0.508 e. The molecule has 0 radical (unpaired) electrons. The maximum Gasteiger partial charge on any atom is 0.239 e. The monoisotopic (exact) mass is 248 g/mol. The first-order valence-electron chi connectivity index (χ1n) is 4.09. The second-order valence-electron chi connectivity index (χ2n) is 3.03. The molecule has 0 unspecified atom stereocenters. The second kappa shape index (κ2) is 4.63. The molecule has 0 saturated heterocycles. The van der Waals surface area contributed by atoms with Crippen LogP contribution < -0.4 is 0 Å². The third-order valence-electron chi connectivity index (χ3n) is 1.71. The van der Waals surface area contributed by atoms with Gasteiger partial charge in [-0.25, -0.2) is 8.42 Å². The van der Waals surface area contributed by atoms with Crippen LogP contribution in [0.25, 0.3) is 0 Å². The average Bonchev–Trinajstić information content (AvgIpc) is 2.05. The Kier molecular flexibility index (Phi) is 3.71. The third-order valence-corrected chi connectivity index (χ3v) is 2.71. The summed E-state index contributed by atoms with van der Waals surface area (Å²) in [4.78, 5) is 11.2. The Bertz CT molecular complexity index is 467. The lowest BCUT2D eigenvalue weighted by Gasteiger charge is -2.01. The van der Waals surface area contributed by atoms with Crippen LogP contribution in [-0.2, 0) is 20.3 Å². The fourth-order valence-corrected chi connectivity index (χ4v) is 1.97. The van der Waals surface area contributed by atoms with Crippen molar-refractivity contribution in [3.05, 3.63) is 29.8 Å². The van der Waals surface area contributed by atoms with Crippen LogP contribution in [0.15, 0.2) is 24.3 Å². The Balaban J connectivity index is 2.72. The Morgan fingerprint density at radius 2 is 1.93 bits per heavy atom. The van der Waals surface area contributed by atoms with Crippen LogP contribution in [0.1, 0.15) is 5.56 Å². The van der Waals surface area contributed by atoms with Gasteiger partial charge in [-0.1, -0.05) is 18.2 Å². The molecule has 6 heteroatoms. The smallest absolute Gasteiger partial charge is 0.239 e. The zero-order chi connectivity index (χ0) is 11.5. The first-order chi connectivity index (χ1) is 6.88. The molecule has 0 saturated carbocycles. The van der Waals surface area contributed by atoms with Gasteiger partial charge in [0.1, 0.15) is 11.5 Å². The summed E-state index contributed by atoms with van der Waals surface area (Å²) in [6.45, 7) is 0. The molecule has 0 fully saturated rings. The van der Waals surface area contributed by atoms with E-state index in [-0.39, 0.29) is 12.2 Å². The van der Waals surface area contributed by atoms with Crippen molar-refractivity contribution < 1.29 is 18.3 Å². The number of aromatic hydroxyl groups is 1. The van der Waals surface area contributed by atoms with E-state index in [4.69, 9.17) is 10.7 Å². The Morgan fingerprint density at radius 3 is 2.47 bits per heavy atom. The predicted octanol–water partition coefficient (Wildman–Crippen LogP) is 1.07. The number of carbonyl (C=O) groups is 1. The highest BCUT2D eigenvalue weighted by Gasteiger charge is 2.14. The van der Waals surface area contributed by atoms with Gasteiger partial charge in [0, 0.05) is 22.7 Å². The van der Waals surface area contributed by atoms with E-state index >= 15 is 0 Å². The SMILES string of the molecule is O=C(Cc1ccccc1O)CS(=O)(=O)Cl. The lowest BCUT2D eigenvalue weighted by Crippen LogP contribution is -2.13. The Labute approximate surface area is 91.9 Å². The van der Waals surface area contributed by atoms with E-state index in [0.717, 1.165) is 0 Å². The fraction of sp³-hybridized carbons (Fsp3) is 0.222. The average molecular weight is 249 g/mol. The standard InChI is InChI=1S/C9H9ClO4S/c10-15(13,14)6-8(11)5-7-3-1-2-4-9(7)12/h1-4,12H,5-6H2. The van der Waals surface area contributed by atoms with Crippen molar-refractivity contribution in [2.24, 2.45) is 0 Å². The number of halogens is 1. The van der Waals surface area contributed by atoms with Gasteiger partial charge in [0.05, 0.1) is 0 Å². The van der Waals surface area contributed by atoms with Crippen LogP contribution in [0, 0.1) is 0 Å². The first kappa shape index (κ1) is 12.0. The van der Waals surface area contributed by atoms with Crippen molar-refractivity contribution in [3.8, 4) is 5.75 Å². The predicted molar refractivity (Wildman–Crippen MR) is 56.5 cm³/mol. The zero-order valence-electron chi connectivity index (χ0n) is 7.68. The molecular weight excluding hydrogens is 240 g/mol. The van der Waals surface area contributed by atoms with E-state index in [0.29, 0.717) is 5.56 Å². The van der Waals surface area contributed by atoms with Crippen molar-refractivity contribution in [2.75, 3.05) is 5.75 Å². The van der Waals surface area contributed by atoms with Crippen molar-refractivity contribution >= 4 is 25.5 Å². The van der Waals surface area contributed by atoms with E-state index in [9.17, 15) is 18.3 Å². The van der Waals surface area contributed by atoms with Gasteiger partial charge >= 0.3 is 0 Å². The molecule has 1 rings (SSSR count). The highest BCUT2D eigenvalue weighted by atomic mass is 35.7. The van der Waals surface area contributed by atoms with Crippen molar-refractivity contribution in [1.82, 2.24) is 0 Å². The normalized spacial score (nSPS) is 11.3. The molecule has 1 aromatic rings. The molecule has 0 spiro atoms. The van der Waals surface area contributed by atoms with Gasteiger partial charge in [-0.2, -0.15) is 0 Å². The van der Waals surface area contributed by atoms with Crippen LogP contribution in [0.3, 0.4) is 0 Å². The van der Waals surface area contributed by atoms with Crippen molar-refractivity contribution in [1.29, 1.82) is 0 Å². The molecule has 4 nitrogen and oxygen atoms in total. The van der Waals surface area contributed by atoms with Gasteiger partial charge in [-0.05, 0) is 6.07 Å². The largest absolute Gasteiger partial charge is 0.508 e. The summed E-state index contributed by atoms with van der Waals surface area (Å²) < 4.78 is 21.2. The summed E-state index contributed by atoms with van der Waals surface area (Å²) in [7, 11) is 1.11. The minimum absolute atomic E-state index is 0.0298. The summed E-state index contributed by atoms with van der Waals surface area (Å²) in [5, 5.41) is 9.32. The van der Waals surface area contributed by atoms with Crippen molar-refractivity contribution in [3.63, 3.8) is 0 Å². The number of rotatable bonds is 4. The molecule has 0 aliphatic carbocycles. The Hall–Kier alpha value is -1.07. The Morgan fingerprint density at radius 1 is 1.33 bits per heavy atom. The fourth-order valence-electron chi connectivity index (χ4n) is 1.12. The molecule has 0 aromatic heterocycles. The third kappa shape index (κ3) is 4.31. The molecule has 0 aliphatic rings. The maximum atomic E-state index is 11.2. The maximum absolute atomic E-state index is 11.2. The molecule has 0 atom stereocenters. The van der Waals surface area contributed by atoms with Crippen molar-refractivity contribution in [2.45, 2.75) is 6.42 Å². The number of para-hydroxylation sites is 1. The summed E-state index contributed by atoms with van der Waals surface area (Å²) in [6.07, 6.45) is -0.140. The number of ketones is 1. The second-order valence-corrected chi connectivity index (χ2v) is 5.80. The summed E-state index contributed by atoms with van der Waals surface area (Å²) in [5.41, 5.74) is 0.391. The van der Waals surface area contributed by atoms with Crippen LogP contribution >= 0.6 is 10.7 Å². The van der Waals surface area contributed by atoms with E-state index < -0.39 is 20.6 Å². The van der Waals surface area contributed by atoms with Crippen LogP contribution in [-0.4, -0.2) is 25.1 Å². The molecule has 82 valence electrons. The molecule has 0 bridgehead atoms. The summed E-state index contributed by atoms with van der Waals surface area (Å²) >= 11 is 0. The molecule has 15 heavy (non-hydrogen) atoms. The first-order valence-corrected chi connectivity index (χ1v) is 6.57. The number of carbonyl (C=O) groups excluding carboxylic acids is 1. The number of phenolic OH excluding ortho intramolecular Hbond substituents is 1. The summed E-state index contributed by atoms with van der Waals surface area (Å²) in [6, 6.07) is 6.24. The molecule has 0 aliphatic heterocycles. The topological polar surface area (TPSA) is 71.4 Å². The highest BCUT2D eigenvalue weighted by molar-refractivity contribution is 8.14. The van der Waals surface area contributed by atoms with Crippen LogP contribution in [0.2, 0.25) is 0 Å². The van der Waals surface area contributed by atoms with Gasteiger partial charge in [0.15, 0.2) is 5.78 Å². The van der Waals surface area contributed by atoms with Crippen LogP contribution in [0.4, 0.5) is 0 Å². The van der Waals surface area contributed by atoms with Crippen LogP contribution in [0.5, 0.6) is 5.75 Å². The minimum atomic E-state index is -3.82. The molecule has 1 aromatic carbocycles. The molecule has 1 N–H and O–H groups in total. The summed E-state index contributed by atoms with van der Waals surface area (Å²) in [5.74, 6) is -1.30. The van der Waals surface area contributed by atoms with Gasteiger partial charge in [0.25, 0.3) is 0 Å². The lowest BCUT2D eigenvalue weighted by atomic mass is 10.1. The van der Waals surface area contributed by atoms with Gasteiger partial charge < -0.3 is 5.11 Å². The van der Waals surface area contributed by atoms with Gasteiger partial charge in [0.2, 0.25) is 9.05 Å². The van der Waals surface area contributed by atoms with E-state index in [1.165, 1.54) is 6.07 Å². The zero-order valence-corrected chi connectivity index (χ0v) is 9.25. The number of Topliss-reactive ketones (excluding diaryl/α,β-unsaturated/α-hetero) is 1. The van der Waals surface area contributed by atoms with Gasteiger partial charge in [-0.15, -0.1) is 0 Å². The quantitative estimate of drug-likeness (QED) is 0.810. The molecule has 0 heterocycles. The lowest BCUT2D eigenvalue weighted by molar-refractivity contribution is -0.116. The van der Waals surface area contributed by atoms with E-state index in [1.807, 2.05) is 0 Å². The van der Waals surface area contributed by atoms with Gasteiger partial charge in [-0.3, -0.25) is 4.79 Å². The molecule has 0 amide bonds. The van der Waals surface area contributed by atoms with E-state index in [2.05, 4.69) is 0 Å². The molecular formula is C9H9ClO4S. The number of hydrogen-bond donors (Lipinski definition) is 1.